The molecular formula is C25H29FO6. The predicted octanol–water partition coefficient (Wildman–Crippen LogP) is 4.08. The molecule has 7 heteroatoms. The maximum absolute atomic E-state index is 13.6. The number of aliphatic hydroxyl groups excluding tert-OH is 2. The molecule has 0 aromatic heterocycles. The third kappa shape index (κ3) is 5.47. The molecule has 2 aromatic rings. The number of aliphatic hydroxyl groups is 2. The van der Waals surface area contributed by atoms with Gasteiger partial charge < -0.3 is 24.4 Å². The molecule has 1 aliphatic rings. The molecule has 2 aromatic carbocycles. The van der Waals surface area contributed by atoms with Crippen molar-refractivity contribution in [3.05, 3.63) is 53.4 Å². The first-order valence-electron chi connectivity index (χ1n) is 10.6. The maximum Gasteiger partial charge on any atom is 0.309 e. The topological polar surface area (TPSA) is 85.2 Å². The van der Waals surface area contributed by atoms with Crippen LogP contribution in [-0.4, -0.2) is 48.7 Å². The lowest BCUT2D eigenvalue weighted by molar-refractivity contribution is -0.156. The first-order valence-corrected chi connectivity index (χ1v) is 10.6. The van der Waals surface area contributed by atoms with Gasteiger partial charge in [0.15, 0.2) is 11.5 Å². The van der Waals surface area contributed by atoms with Crippen molar-refractivity contribution in [2.75, 3.05) is 20.3 Å². The quantitative estimate of drug-likeness (QED) is 0.597. The van der Waals surface area contributed by atoms with Crippen LogP contribution in [0.25, 0.3) is 17.2 Å². The lowest BCUT2D eigenvalue weighted by Gasteiger charge is -2.25. The molecule has 0 amide bonds. The van der Waals surface area contributed by atoms with Crippen LogP contribution in [0.1, 0.15) is 43.7 Å². The molecule has 3 rings (SSSR count). The second kappa shape index (κ2) is 10.6. The minimum Gasteiger partial charge on any atom is -0.492 e. The summed E-state index contributed by atoms with van der Waals surface area (Å²) in [5, 5.41) is 19.2. The van der Waals surface area contributed by atoms with Crippen LogP contribution in [0.15, 0.2) is 36.4 Å². The Morgan fingerprint density at radius 1 is 1.28 bits per heavy atom. The molecule has 0 aliphatic carbocycles. The number of ether oxygens (including phenoxy) is 3. The lowest BCUT2D eigenvalue weighted by Crippen LogP contribution is -2.31. The van der Waals surface area contributed by atoms with E-state index < -0.39 is 18.2 Å². The summed E-state index contributed by atoms with van der Waals surface area (Å²) in [5.41, 5.74) is 3.18. The lowest BCUT2D eigenvalue weighted by atomic mass is 9.88. The summed E-state index contributed by atoms with van der Waals surface area (Å²) in [7, 11) is 1.52. The monoisotopic (exact) mass is 444 g/mol. The largest absolute Gasteiger partial charge is 0.492 e. The number of benzene rings is 2. The van der Waals surface area contributed by atoms with Crippen molar-refractivity contribution in [2.45, 2.75) is 44.8 Å². The van der Waals surface area contributed by atoms with Gasteiger partial charge in [-0.2, -0.15) is 0 Å². The van der Waals surface area contributed by atoms with Crippen LogP contribution in [0.3, 0.4) is 0 Å². The summed E-state index contributed by atoms with van der Waals surface area (Å²) < 4.78 is 30.4. The molecule has 2 unspecified atom stereocenters. The fourth-order valence-corrected chi connectivity index (χ4v) is 3.83. The fraction of sp³-hybridized carbons (Fsp3) is 0.400. The van der Waals surface area contributed by atoms with E-state index in [9.17, 15) is 19.4 Å². The van der Waals surface area contributed by atoms with E-state index in [2.05, 4.69) is 0 Å². The van der Waals surface area contributed by atoms with Crippen LogP contribution in [0, 0.1) is 5.82 Å². The summed E-state index contributed by atoms with van der Waals surface area (Å²) in [6.45, 7) is 4.02. The van der Waals surface area contributed by atoms with Gasteiger partial charge in [0.05, 0.1) is 26.2 Å². The Bertz CT molecular complexity index is 967. The van der Waals surface area contributed by atoms with Crippen molar-refractivity contribution >= 4 is 12.0 Å². The summed E-state index contributed by atoms with van der Waals surface area (Å²) >= 11 is 0. The Kier molecular flexibility index (Phi) is 7.88. The van der Waals surface area contributed by atoms with E-state index in [-0.39, 0.29) is 31.4 Å². The minimum absolute atomic E-state index is 0.00682. The second-order valence-corrected chi connectivity index (χ2v) is 8.00. The zero-order chi connectivity index (χ0) is 23.3. The average molecular weight is 444 g/mol. The van der Waals surface area contributed by atoms with Gasteiger partial charge >= 0.3 is 5.97 Å². The molecular weight excluding hydrogens is 415 g/mol. The van der Waals surface area contributed by atoms with Crippen molar-refractivity contribution in [3.8, 4) is 22.6 Å². The third-order valence-electron chi connectivity index (χ3n) is 5.29. The molecule has 1 aliphatic heterocycles. The highest BCUT2D eigenvalue weighted by Gasteiger charge is 2.26. The van der Waals surface area contributed by atoms with Gasteiger partial charge in [-0.25, -0.2) is 4.39 Å². The predicted molar refractivity (Wildman–Crippen MR) is 119 cm³/mol. The van der Waals surface area contributed by atoms with Gasteiger partial charge in [0.1, 0.15) is 18.5 Å². The van der Waals surface area contributed by atoms with Gasteiger partial charge in [-0.3, -0.25) is 4.79 Å². The van der Waals surface area contributed by atoms with Gasteiger partial charge in [-0.05, 0) is 46.9 Å². The number of rotatable bonds is 8. The Hall–Kier alpha value is -2.90. The van der Waals surface area contributed by atoms with Gasteiger partial charge in [-0.1, -0.05) is 32.1 Å². The number of esters is 1. The molecule has 6 nitrogen and oxygen atoms in total. The number of methoxy groups -OCH3 is 1. The number of carbonyl (C=O) groups excluding carboxylic acids is 1. The molecule has 172 valence electrons. The Balaban J connectivity index is 2.19. The standard InChI is InChI=1S/C25H29FO6/c1-15(2)21-14-22(31-11-10-27)25(30-3)24(16-4-6-17(26)7-5-16)20(21)9-8-19-12-18(28)13-23(29)32-19/h4-9,14-15,18-19,27-28H,10-13H2,1-3H3. The van der Waals surface area contributed by atoms with Crippen LogP contribution in [-0.2, 0) is 9.53 Å². The van der Waals surface area contributed by atoms with E-state index in [0.29, 0.717) is 23.5 Å². The third-order valence-corrected chi connectivity index (χ3v) is 5.29. The molecule has 1 fully saturated rings. The molecule has 1 heterocycles. The van der Waals surface area contributed by atoms with E-state index in [1.165, 1.54) is 19.2 Å². The van der Waals surface area contributed by atoms with Crippen LogP contribution in [0.4, 0.5) is 4.39 Å². The van der Waals surface area contributed by atoms with Crippen LogP contribution in [0.2, 0.25) is 0 Å². The van der Waals surface area contributed by atoms with Crippen LogP contribution < -0.4 is 9.47 Å². The first kappa shape index (κ1) is 23.8. The van der Waals surface area contributed by atoms with Crippen molar-refractivity contribution in [1.82, 2.24) is 0 Å². The number of cyclic esters (lactones) is 1. The summed E-state index contributed by atoms with van der Waals surface area (Å²) in [5.74, 6) is 0.225. The molecule has 32 heavy (non-hydrogen) atoms. The van der Waals surface area contributed by atoms with Crippen LogP contribution >= 0.6 is 0 Å². The average Bonchev–Trinajstić information content (AvgIpc) is 2.75. The Labute approximate surface area is 187 Å². The summed E-state index contributed by atoms with van der Waals surface area (Å²) in [6, 6.07) is 7.94. The number of hydrogen-bond donors (Lipinski definition) is 2. The highest BCUT2D eigenvalue weighted by Crippen LogP contribution is 2.45. The van der Waals surface area contributed by atoms with Gasteiger partial charge in [0, 0.05) is 12.0 Å². The number of halogens is 1. The first-order chi connectivity index (χ1) is 15.3. The Morgan fingerprint density at radius 2 is 2.00 bits per heavy atom. The van der Waals surface area contributed by atoms with Crippen LogP contribution in [0.5, 0.6) is 11.5 Å². The van der Waals surface area contributed by atoms with E-state index in [0.717, 1.165) is 16.7 Å². The maximum atomic E-state index is 13.6. The molecule has 0 bridgehead atoms. The minimum atomic E-state index is -0.740. The van der Waals surface area contributed by atoms with Crippen molar-refractivity contribution in [1.29, 1.82) is 0 Å². The zero-order valence-electron chi connectivity index (χ0n) is 18.5. The number of hydrogen-bond acceptors (Lipinski definition) is 6. The Morgan fingerprint density at radius 3 is 2.59 bits per heavy atom. The molecule has 1 saturated heterocycles. The van der Waals surface area contributed by atoms with E-state index >= 15 is 0 Å². The molecule has 0 saturated carbocycles. The highest BCUT2D eigenvalue weighted by atomic mass is 19.1. The van der Waals surface area contributed by atoms with Crippen molar-refractivity contribution in [2.24, 2.45) is 0 Å². The SMILES string of the molecule is COc1c(OCCO)cc(C(C)C)c(C=CC2CC(O)CC(=O)O2)c1-c1ccc(F)cc1. The van der Waals surface area contributed by atoms with Gasteiger partial charge in [0.2, 0.25) is 0 Å². The van der Waals surface area contributed by atoms with Crippen molar-refractivity contribution < 1.29 is 33.6 Å². The highest BCUT2D eigenvalue weighted by molar-refractivity contribution is 5.85. The second-order valence-electron chi connectivity index (χ2n) is 8.00. The summed E-state index contributed by atoms with van der Waals surface area (Å²) in [4.78, 5) is 11.7. The molecule has 2 N–H and O–H groups in total. The fourth-order valence-electron chi connectivity index (χ4n) is 3.83. The molecule has 2 atom stereocenters. The zero-order valence-corrected chi connectivity index (χ0v) is 18.5. The normalized spacial score (nSPS) is 18.8. The molecule has 0 spiro atoms. The van der Waals surface area contributed by atoms with E-state index in [1.54, 1.807) is 18.2 Å². The summed E-state index contributed by atoms with van der Waals surface area (Å²) in [6.07, 6.45) is 2.62. The van der Waals surface area contributed by atoms with E-state index in [4.69, 9.17) is 14.2 Å². The van der Waals surface area contributed by atoms with Gasteiger partial charge in [0.25, 0.3) is 0 Å². The van der Waals surface area contributed by atoms with E-state index in [1.807, 2.05) is 26.0 Å². The van der Waals surface area contributed by atoms with Gasteiger partial charge in [-0.15, -0.1) is 0 Å². The smallest absolute Gasteiger partial charge is 0.309 e. The number of carbonyl (C=O) groups is 1. The molecule has 0 radical (unpaired) electrons. The van der Waals surface area contributed by atoms with Crippen molar-refractivity contribution in [3.63, 3.8) is 0 Å².